The maximum absolute atomic E-state index is 5.26. The van der Waals surface area contributed by atoms with E-state index in [9.17, 15) is 0 Å². The number of hydrogen-bond donors (Lipinski definition) is 1. The quantitative estimate of drug-likeness (QED) is 0.626. The van der Waals surface area contributed by atoms with Crippen LogP contribution < -0.4 is 5.32 Å². The molecule has 16 heavy (non-hydrogen) atoms. The highest BCUT2D eigenvalue weighted by Gasteiger charge is 2.17. The average molecular weight is 231 g/mol. The van der Waals surface area contributed by atoms with Crippen LogP contribution in [0.5, 0.6) is 0 Å². The average Bonchev–Trinajstić information content (AvgIpc) is 2.25. The summed E-state index contributed by atoms with van der Waals surface area (Å²) in [4.78, 5) is 0. The van der Waals surface area contributed by atoms with Gasteiger partial charge in [0, 0.05) is 26.3 Å². The maximum Gasteiger partial charge on any atom is 0.0618 e. The largest absolute Gasteiger partial charge is 0.383 e. The van der Waals surface area contributed by atoms with E-state index >= 15 is 0 Å². The molecule has 1 N–H and O–H groups in total. The third-order valence-corrected chi connectivity index (χ3v) is 2.87. The van der Waals surface area contributed by atoms with Crippen LogP contribution >= 0.6 is 0 Å². The van der Waals surface area contributed by atoms with Crippen molar-refractivity contribution >= 4 is 0 Å². The van der Waals surface area contributed by atoms with Gasteiger partial charge < -0.3 is 14.8 Å². The summed E-state index contributed by atoms with van der Waals surface area (Å²) in [5, 5.41) is 3.64. The lowest BCUT2D eigenvalue weighted by Gasteiger charge is -2.27. The predicted molar refractivity (Wildman–Crippen MR) is 68.8 cm³/mol. The van der Waals surface area contributed by atoms with Crippen molar-refractivity contribution in [2.24, 2.45) is 5.92 Å². The summed E-state index contributed by atoms with van der Waals surface area (Å²) in [5.74, 6) is 0.584. The first-order valence-corrected chi connectivity index (χ1v) is 6.39. The van der Waals surface area contributed by atoms with Gasteiger partial charge in [-0.2, -0.15) is 0 Å². The number of hydrogen-bond acceptors (Lipinski definition) is 3. The van der Waals surface area contributed by atoms with Gasteiger partial charge in [0.05, 0.1) is 13.2 Å². The fraction of sp³-hybridized carbons (Fsp3) is 1.00. The number of unbranched alkanes of at least 4 members (excludes halogenated alkanes) is 1. The molecule has 3 heteroatoms. The van der Waals surface area contributed by atoms with Gasteiger partial charge in [-0.05, 0) is 12.3 Å². The first kappa shape index (κ1) is 15.9. The molecule has 0 aliphatic heterocycles. The minimum atomic E-state index is 0.419. The van der Waals surface area contributed by atoms with Crippen LogP contribution in [0.1, 0.15) is 40.0 Å². The van der Waals surface area contributed by atoms with Crippen molar-refractivity contribution in [2.45, 2.75) is 52.1 Å². The van der Waals surface area contributed by atoms with Gasteiger partial charge >= 0.3 is 0 Å². The van der Waals surface area contributed by atoms with Crippen molar-refractivity contribution < 1.29 is 9.47 Å². The SMILES string of the molecule is CCCCC(COC)NC(COC)C(C)C. The third-order valence-electron chi connectivity index (χ3n) is 2.87. The van der Waals surface area contributed by atoms with E-state index in [1.165, 1.54) is 19.3 Å². The molecule has 2 unspecified atom stereocenters. The van der Waals surface area contributed by atoms with Gasteiger partial charge in [-0.15, -0.1) is 0 Å². The number of nitrogens with one attached hydrogen (secondary N) is 1. The Morgan fingerprint density at radius 1 is 1.06 bits per heavy atom. The van der Waals surface area contributed by atoms with Gasteiger partial charge in [0.1, 0.15) is 0 Å². The predicted octanol–water partition coefficient (Wildman–Crippen LogP) is 2.45. The normalized spacial score (nSPS) is 15.4. The van der Waals surface area contributed by atoms with Gasteiger partial charge in [0.15, 0.2) is 0 Å². The topological polar surface area (TPSA) is 30.5 Å². The van der Waals surface area contributed by atoms with E-state index in [4.69, 9.17) is 9.47 Å². The summed E-state index contributed by atoms with van der Waals surface area (Å²) in [7, 11) is 3.52. The Kier molecular flexibility index (Phi) is 9.99. The van der Waals surface area contributed by atoms with Gasteiger partial charge in [-0.1, -0.05) is 33.6 Å². The Hall–Kier alpha value is -0.120. The zero-order valence-electron chi connectivity index (χ0n) is 11.6. The van der Waals surface area contributed by atoms with E-state index in [1.807, 2.05) is 0 Å². The minimum absolute atomic E-state index is 0.419. The lowest BCUT2D eigenvalue weighted by molar-refractivity contribution is 0.112. The van der Waals surface area contributed by atoms with Crippen molar-refractivity contribution in [1.82, 2.24) is 5.32 Å². The van der Waals surface area contributed by atoms with Crippen molar-refractivity contribution in [1.29, 1.82) is 0 Å². The van der Waals surface area contributed by atoms with Gasteiger partial charge in [0.2, 0.25) is 0 Å². The molecular formula is C13H29NO2. The molecule has 0 spiro atoms. The number of rotatable bonds is 10. The van der Waals surface area contributed by atoms with E-state index in [0.717, 1.165) is 13.2 Å². The van der Waals surface area contributed by atoms with Crippen LogP contribution in [0.25, 0.3) is 0 Å². The smallest absolute Gasteiger partial charge is 0.0618 e. The Morgan fingerprint density at radius 3 is 2.12 bits per heavy atom. The molecule has 0 amide bonds. The van der Waals surface area contributed by atoms with E-state index < -0.39 is 0 Å². The lowest BCUT2D eigenvalue weighted by atomic mass is 10.0. The van der Waals surface area contributed by atoms with Crippen LogP contribution in [-0.4, -0.2) is 39.5 Å². The second-order valence-electron chi connectivity index (χ2n) is 4.77. The molecule has 2 atom stereocenters. The molecule has 0 bridgehead atoms. The van der Waals surface area contributed by atoms with Crippen LogP contribution in [0.2, 0.25) is 0 Å². The van der Waals surface area contributed by atoms with E-state index in [1.54, 1.807) is 14.2 Å². The Morgan fingerprint density at radius 2 is 1.69 bits per heavy atom. The van der Waals surface area contributed by atoms with Crippen LogP contribution in [-0.2, 0) is 9.47 Å². The zero-order valence-corrected chi connectivity index (χ0v) is 11.6. The highest BCUT2D eigenvalue weighted by Crippen LogP contribution is 2.07. The summed E-state index contributed by atoms with van der Waals surface area (Å²) in [6.07, 6.45) is 3.66. The van der Waals surface area contributed by atoms with E-state index in [0.29, 0.717) is 18.0 Å². The molecule has 0 aromatic rings. The molecule has 0 saturated carbocycles. The highest BCUT2D eigenvalue weighted by molar-refractivity contribution is 4.76. The Bertz CT molecular complexity index is 151. The van der Waals surface area contributed by atoms with Crippen molar-refractivity contribution in [3.05, 3.63) is 0 Å². The van der Waals surface area contributed by atoms with Crippen LogP contribution in [0, 0.1) is 5.92 Å². The standard InChI is InChI=1S/C13H29NO2/c1-6-7-8-12(9-15-4)14-13(10-16-5)11(2)3/h11-14H,6-10H2,1-5H3. The monoisotopic (exact) mass is 231 g/mol. The van der Waals surface area contributed by atoms with Gasteiger partial charge in [0.25, 0.3) is 0 Å². The fourth-order valence-corrected chi connectivity index (χ4v) is 1.78. The molecule has 0 aliphatic carbocycles. The zero-order chi connectivity index (χ0) is 12.4. The Labute approximate surface area is 101 Å². The van der Waals surface area contributed by atoms with Gasteiger partial charge in [-0.25, -0.2) is 0 Å². The molecule has 0 rings (SSSR count). The molecule has 0 radical (unpaired) electrons. The Balaban J connectivity index is 4.09. The third kappa shape index (κ3) is 7.20. The molecule has 0 aromatic carbocycles. The van der Waals surface area contributed by atoms with Crippen LogP contribution in [0.4, 0.5) is 0 Å². The second-order valence-corrected chi connectivity index (χ2v) is 4.77. The first-order chi connectivity index (χ1) is 7.65. The van der Waals surface area contributed by atoms with Crippen LogP contribution in [0.15, 0.2) is 0 Å². The summed E-state index contributed by atoms with van der Waals surface area (Å²) in [6.45, 7) is 8.22. The lowest BCUT2D eigenvalue weighted by Crippen LogP contribution is -2.46. The van der Waals surface area contributed by atoms with Crippen LogP contribution in [0.3, 0.4) is 0 Å². The molecule has 0 saturated heterocycles. The molecule has 0 aromatic heterocycles. The summed E-state index contributed by atoms with van der Waals surface area (Å²) >= 11 is 0. The summed E-state index contributed by atoms with van der Waals surface area (Å²) < 4.78 is 10.5. The van der Waals surface area contributed by atoms with E-state index in [-0.39, 0.29) is 0 Å². The molecule has 0 heterocycles. The van der Waals surface area contributed by atoms with Crippen molar-refractivity contribution in [3.63, 3.8) is 0 Å². The molecule has 0 aliphatic rings. The maximum atomic E-state index is 5.26. The number of methoxy groups -OCH3 is 2. The highest BCUT2D eigenvalue weighted by atomic mass is 16.5. The van der Waals surface area contributed by atoms with E-state index in [2.05, 4.69) is 26.1 Å². The van der Waals surface area contributed by atoms with Gasteiger partial charge in [-0.3, -0.25) is 0 Å². The van der Waals surface area contributed by atoms with Crippen molar-refractivity contribution in [2.75, 3.05) is 27.4 Å². The first-order valence-electron chi connectivity index (χ1n) is 6.39. The summed E-state index contributed by atoms with van der Waals surface area (Å²) in [6, 6.07) is 0.870. The second kappa shape index (κ2) is 10.1. The molecule has 3 nitrogen and oxygen atoms in total. The molecule has 0 fully saturated rings. The number of ether oxygens (including phenoxy) is 2. The fourth-order valence-electron chi connectivity index (χ4n) is 1.78. The molecular weight excluding hydrogens is 202 g/mol. The van der Waals surface area contributed by atoms with Crippen molar-refractivity contribution in [3.8, 4) is 0 Å². The minimum Gasteiger partial charge on any atom is -0.383 e. The molecule has 98 valence electrons. The summed E-state index contributed by atoms with van der Waals surface area (Å²) in [5.41, 5.74) is 0.